The first-order valence-corrected chi connectivity index (χ1v) is 6.75. The van der Waals surface area contributed by atoms with Crippen molar-refractivity contribution in [1.82, 2.24) is 4.98 Å². The third kappa shape index (κ3) is 2.79. The Morgan fingerprint density at radius 3 is 2.32 bits per heavy atom. The molecule has 1 aromatic heterocycles. The average molecular weight is 467 g/mol. The van der Waals surface area contributed by atoms with E-state index in [9.17, 15) is 0 Å². The summed E-state index contributed by atoms with van der Waals surface area (Å²) in [7, 11) is -0.417. The number of pyridine rings is 1. The van der Waals surface area contributed by atoms with E-state index in [4.69, 9.17) is 9.31 Å². The van der Waals surface area contributed by atoms with E-state index in [2.05, 4.69) is 11.1 Å². The standard InChI is InChI=1S/C17H11BNO2.Pt/c1-2-10-17-16(9-1)20-18(21-17)14-7-5-6-13(12-14)15-8-3-4-11-19-15;/h1-5,7-12H;/q-1;. The van der Waals surface area contributed by atoms with Crippen LogP contribution in [0.25, 0.3) is 11.3 Å². The minimum absolute atomic E-state index is 0. The predicted octanol–water partition coefficient (Wildman–Crippen LogP) is 2.71. The van der Waals surface area contributed by atoms with Gasteiger partial charge in [0.15, 0.2) is 0 Å². The molecular formula is C17H11BNO2Pt-. The molecule has 0 aliphatic carbocycles. The van der Waals surface area contributed by atoms with Crippen molar-refractivity contribution in [1.29, 1.82) is 0 Å². The number of hydrogen-bond acceptors (Lipinski definition) is 3. The van der Waals surface area contributed by atoms with Gasteiger partial charge in [0.1, 0.15) is 11.5 Å². The molecule has 4 rings (SSSR count). The molecule has 110 valence electrons. The Labute approximate surface area is 143 Å². The van der Waals surface area contributed by atoms with Crippen molar-refractivity contribution in [3.63, 3.8) is 0 Å². The van der Waals surface area contributed by atoms with Gasteiger partial charge in [0.2, 0.25) is 0 Å². The van der Waals surface area contributed by atoms with Crippen molar-refractivity contribution >= 4 is 12.6 Å². The molecule has 0 bridgehead atoms. The number of hydrogen-bond donors (Lipinski definition) is 0. The molecular weight excluding hydrogens is 456 g/mol. The number of para-hydroxylation sites is 2. The van der Waals surface area contributed by atoms with Crippen LogP contribution in [0.4, 0.5) is 0 Å². The van der Waals surface area contributed by atoms with Crippen molar-refractivity contribution in [2.45, 2.75) is 0 Å². The third-order valence-electron chi connectivity index (χ3n) is 3.36. The van der Waals surface area contributed by atoms with Gasteiger partial charge in [-0.25, -0.2) is 0 Å². The molecule has 0 saturated carbocycles. The van der Waals surface area contributed by atoms with Crippen LogP contribution in [0.15, 0.2) is 66.9 Å². The van der Waals surface area contributed by atoms with Crippen LogP contribution in [0.1, 0.15) is 0 Å². The molecule has 5 heteroatoms. The van der Waals surface area contributed by atoms with E-state index in [1.165, 1.54) is 0 Å². The summed E-state index contributed by atoms with van der Waals surface area (Å²) >= 11 is 0. The number of nitrogens with zero attached hydrogens (tertiary/aromatic N) is 1. The number of benzene rings is 2. The van der Waals surface area contributed by atoms with Gasteiger partial charge in [-0.05, 0) is 23.9 Å². The monoisotopic (exact) mass is 467 g/mol. The number of rotatable bonds is 2. The van der Waals surface area contributed by atoms with Crippen molar-refractivity contribution < 1.29 is 30.4 Å². The van der Waals surface area contributed by atoms with Gasteiger partial charge >= 0.3 is 7.12 Å². The normalized spacial score (nSPS) is 11.9. The second kappa shape index (κ2) is 6.37. The fourth-order valence-electron chi connectivity index (χ4n) is 2.34. The Bertz CT molecular complexity index is 757. The molecule has 0 unspecified atom stereocenters. The molecule has 2 aromatic carbocycles. The summed E-state index contributed by atoms with van der Waals surface area (Å²) in [6, 6.07) is 22.5. The van der Waals surface area contributed by atoms with E-state index in [1.807, 2.05) is 60.7 Å². The SMILES string of the molecule is [Pt].[c-]1ccc(B2Oc3ccccc3O2)cc1-c1ccccn1. The van der Waals surface area contributed by atoms with Gasteiger partial charge in [0.25, 0.3) is 0 Å². The maximum atomic E-state index is 5.83. The molecule has 0 radical (unpaired) electrons. The van der Waals surface area contributed by atoms with Gasteiger partial charge < -0.3 is 14.3 Å². The molecule has 1 aliphatic heterocycles. The largest absolute Gasteiger partial charge is 0.613 e. The van der Waals surface area contributed by atoms with Crippen LogP contribution in [-0.2, 0) is 21.1 Å². The van der Waals surface area contributed by atoms with Gasteiger partial charge in [-0.1, -0.05) is 29.7 Å². The molecule has 3 aromatic rings. The molecule has 0 saturated heterocycles. The van der Waals surface area contributed by atoms with Crippen LogP contribution in [-0.4, -0.2) is 12.1 Å². The minimum Gasteiger partial charge on any atom is -0.520 e. The molecule has 0 N–H and O–H groups in total. The maximum Gasteiger partial charge on any atom is 0.613 e. The van der Waals surface area contributed by atoms with Crippen LogP contribution in [0, 0.1) is 6.07 Å². The molecule has 2 heterocycles. The average Bonchev–Trinajstić information content (AvgIpc) is 3.00. The van der Waals surface area contributed by atoms with Crippen LogP contribution < -0.4 is 14.8 Å². The van der Waals surface area contributed by atoms with Crippen molar-refractivity contribution in [3.8, 4) is 22.8 Å². The fraction of sp³-hybridized carbons (Fsp3) is 0. The quantitative estimate of drug-likeness (QED) is 0.430. The first-order chi connectivity index (χ1) is 10.4. The Morgan fingerprint density at radius 2 is 1.64 bits per heavy atom. The zero-order valence-corrected chi connectivity index (χ0v) is 13.8. The van der Waals surface area contributed by atoms with Gasteiger partial charge in [-0.3, -0.25) is 0 Å². The third-order valence-corrected chi connectivity index (χ3v) is 3.36. The second-order valence-electron chi connectivity index (χ2n) is 4.77. The first-order valence-electron chi connectivity index (χ1n) is 6.75. The molecule has 3 nitrogen and oxygen atoms in total. The minimum atomic E-state index is -0.417. The molecule has 0 atom stereocenters. The molecule has 22 heavy (non-hydrogen) atoms. The summed E-state index contributed by atoms with van der Waals surface area (Å²) in [5, 5.41) is 0. The van der Waals surface area contributed by atoms with E-state index < -0.39 is 7.12 Å². The van der Waals surface area contributed by atoms with Crippen LogP contribution in [0.5, 0.6) is 11.5 Å². The summed E-state index contributed by atoms with van der Waals surface area (Å²) in [5.74, 6) is 1.55. The number of fused-ring (bicyclic) bond motifs is 1. The Hall–Kier alpha value is -2.06. The van der Waals surface area contributed by atoms with Crippen molar-refractivity contribution in [2.24, 2.45) is 0 Å². The van der Waals surface area contributed by atoms with Gasteiger partial charge in [-0.15, -0.1) is 29.8 Å². The van der Waals surface area contributed by atoms with E-state index in [0.29, 0.717) is 0 Å². The van der Waals surface area contributed by atoms with Crippen molar-refractivity contribution in [3.05, 3.63) is 72.9 Å². The zero-order chi connectivity index (χ0) is 14.1. The topological polar surface area (TPSA) is 31.4 Å². The van der Waals surface area contributed by atoms with Gasteiger partial charge in [0.05, 0.1) is 0 Å². The summed E-state index contributed by atoms with van der Waals surface area (Å²) in [5.41, 5.74) is 2.76. The predicted molar refractivity (Wildman–Crippen MR) is 81.6 cm³/mol. The van der Waals surface area contributed by atoms with E-state index in [0.717, 1.165) is 28.2 Å². The van der Waals surface area contributed by atoms with Gasteiger partial charge in [-0.2, -0.15) is 0 Å². The molecule has 0 fully saturated rings. The zero-order valence-electron chi connectivity index (χ0n) is 11.5. The van der Waals surface area contributed by atoms with Crippen LogP contribution in [0.3, 0.4) is 0 Å². The summed E-state index contributed by atoms with van der Waals surface area (Å²) < 4.78 is 11.7. The fourth-order valence-corrected chi connectivity index (χ4v) is 2.34. The molecule has 0 spiro atoms. The Balaban J connectivity index is 0.00000144. The van der Waals surface area contributed by atoms with E-state index in [1.54, 1.807) is 6.20 Å². The van der Waals surface area contributed by atoms with Gasteiger partial charge in [0, 0.05) is 27.3 Å². The van der Waals surface area contributed by atoms with Crippen LogP contribution in [0.2, 0.25) is 0 Å². The van der Waals surface area contributed by atoms with E-state index >= 15 is 0 Å². The van der Waals surface area contributed by atoms with E-state index in [-0.39, 0.29) is 21.1 Å². The molecule has 1 aliphatic rings. The summed E-state index contributed by atoms with van der Waals surface area (Å²) in [6.45, 7) is 0. The maximum absolute atomic E-state index is 5.83. The first kappa shape index (κ1) is 14.9. The summed E-state index contributed by atoms with van der Waals surface area (Å²) in [4.78, 5) is 4.34. The molecule has 0 amide bonds. The smallest absolute Gasteiger partial charge is 0.520 e. The summed E-state index contributed by atoms with van der Waals surface area (Å²) in [6.07, 6.45) is 1.77. The number of aromatic nitrogens is 1. The second-order valence-corrected chi connectivity index (χ2v) is 4.77. The Kier molecular flexibility index (Phi) is 4.30. The van der Waals surface area contributed by atoms with Crippen molar-refractivity contribution in [2.75, 3.05) is 0 Å². The Morgan fingerprint density at radius 1 is 0.909 bits per heavy atom. The van der Waals surface area contributed by atoms with Crippen LogP contribution >= 0.6 is 0 Å².